The maximum atomic E-state index is 12.1. The van der Waals surface area contributed by atoms with Crippen LogP contribution in [0.1, 0.15) is 40.0 Å². The molecule has 1 N–H and O–H groups in total. The summed E-state index contributed by atoms with van der Waals surface area (Å²) < 4.78 is 10.3. The van der Waals surface area contributed by atoms with Crippen LogP contribution in [0.2, 0.25) is 0 Å². The minimum absolute atomic E-state index is 0.181. The van der Waals surface area contributed by atoms with Gasteiger partial charge in [0.15, 0.2) is 0 Å². The highest BCUT2D eigenvalue weighted by Gasteiger charge is 2.44. The molecule has 1 heterocycles. The summed E-state index contributed by atoms with van der Waals surface area (Å²) in [5, 5.41) is 9.51. The van der Waals surface area contributed by atoms with Gasteiger partial charge >= 0.3 is 12.1 Å². The van der Waals surface area contributed by atoms with Gasteiger partial charge in [0.1, 0.15) is 5.60 Å². The van der Waals surface area contributed by atoms with Crippen molar-refractivity contribution in [2.75, 3.05) is 26.8 Å². The largest absolute Gasteiger partial charge is 0.481 e. The van der Waals surface area contributed by atoms with Crippen molar-refractivity contribution in [3.63, 3.8) is 0 Å². The van der Waals surface area contributed by atoms with Crippen LogP contribution in [0, 0.1) is 5.41 Å². The van der Waals surface area contributed by atoms with E-state index >= 15 is 0 Å². The Bertz CT molecular complexity index is 363. The molecule has 6 heteroatoms. The first-order chi connectivity index (χ1) is 9.20. The molecule has 6 nitrogen and oxygen atoms in total. The summed E-state index contributed by atoms with van der Waals surface area (Å²) in [6.07, 6.45) is 1.18. The lowest BCUT2D eigenvalue weighted by Gasteiger charge is -2.40. The van der Waals surface area contributed by atoms with E-state index < -0.39 is 23.1 Å². The van der Waals surface area contributed by atoms with Gasteiger partial charge in [-0.15, -0.1) is 0 Å². The molecule has 0 aromatic rings. The Labute approximate surface area is 120 Å². The van der Waals surface area contributed by atoms with E-state index in [4.69, 9.17) is 9.47 Å². The van der Waals surface area contributed by atoms with E-state index in [0.29, 0.717) is 32.4 Å². The van der Waals surface area contributed by atoms with Gasteiger partial charge in [-0.05, 0) is 40.0 Å². The molecule has 0 aromatic heterocycles. The minimum atomic E-state index is -0.925. The molecule has 1 atom stereocenters. The van der Waals surface area contributed by atoms with Crippen molar-refractivity contribution < 1.29 is 24.2 Å². The van der Waals surface area contributed by atoms with Crippen LogP contribution >= 0.6 is 0 Å². The Morgan fingerprint density at radius 1 is 1.35 bits per heavy atom. The Morgan fingerprint density at radius 3 is 2.50 bits per heavy atom. The first-order valence-corrected chi connectivity index (χ1v) is 6.90. The SMILES string of the molecule is COCC[C@]1(C(=O)O)CCCN(C(=O)OC(C)(C)C)C1. The third kappa shape index (κ3) is 4.37. The fraction of sp³-hybridized carbons (Fsp3) is 0.857. The van der Waals surface area contributed by atoms with Gasteiger partial charge < -0.3 is 19.5 Å². The highest BCUT2D eigenvalue weighted by Crippen LogP contribution is 2.34. The van der Waals surface area contributed by atoms with Gasteiger partial charge in [0.2, 0.25) is 0 Å². The average molecular weight is 287 g/mol. The second kappa shape index (κ2) is 6.43. The van der Waals surface area contributed by atoms with Crippen molar-refractivity contribution in [1.29, 1.82) is 0 Å². The number of carboxylic acids is 1. The molecule has 0 aromatic carbocycles. The number of likely N-dealkylation sites (tertiary alicyclic amines) is 1. The molecule has 0 radical (unpaired) electrons. The van der Waals surface area contributed by atoms with E-state index in [-0.39, 0.29) is 6.54 Å². The van der Waals surface area contributed by atoms with Gasteiger partial charge in [-0.25, -0.2) is 4.79 Å². The van der Waals surface area contributed by atoms with Crippen molar-refractivity contribution in [1.82, 2.24) is 4.90 Å². The number of carbonyl (C=O) groups is 2. The molecular weight excluding hydrogens is 262 g/mol. The standard InChI is InChI=1S/C14H25NO5/c1-13(2,3)20-12(18)15-8-5-6-14(10-15,11(16)17)7-9-19-4/h5-10H2,1-4H3,(H,16,17)/t14-/m1/s1. The molecule has 0 bridgehead atoms. The first-order valence-electron chi connectivity index (χ1n) is 6.90. The molecule has 0 unspecified atom stereocenters. The van der Waals surface area contributed by atoms with Crippen LogP contribution in [-0.4, -0.2) is 54.5 Å². The summed E-state index contributed by atoms with van der Waals surface area (Å²) in [4.78, 5) is 25.2. The number of hydrogen-bond donors (Lipinski definition) is 1. The molecule has 0 saturated carbocycles. The summed E-state index contributed by atoms with van der Waals surface area (Å²) >= 11 is 0. The normalized spacial score (nSPS) is 23.5. The monoisotopic (exact) mass is 287 g/mol. The van der Waals surface area contributed by atoms with Gasteiger partial charge in [0, 0.05) is 26.8 Å². The molecule has 1 saturated heterocycles. The van der Waals surface area contributed by atoms with Crippen LogP contribution in [-0.2, 0) is 14.3 Å². The summed E-state index contributed by atoms with van der Waals surface area (Å²) in [6.45, 7) is 6.48. The topological polar surface area (TPSA) is 76.1 Å². The van der Waals surface area contributed by atoms with Crippen LogP contribution in [0.15, 0.2) is 0 Å². The zero-order valence-corrected chi connectivity index (χ0v) is 12.8. The first kappa shape index (κ1) is 16.8. The third-order valence-corrected chi connectivity index (χ3v) is 3.47. The second-order valence-electron chi connectivity index (χ2n) is 6.33. The highest BCUT2D eigenvalue weighted by molar-refractivity contribution is 5.77. The molecule has 20 heavy (non-hydrogen) atoms. The van der Waals surface area contributed by atoms with E-state index in [1.807, 2.05) is 0 Å². The van der Waals surface area contributed by atoms with Crippen LogP contribution in [0.5, 0.6) is 0 Å². The van der Waals surface area contributed by atoms with Crippen molar-refractivity contribution in [3.05, 3.63) is 0 Å². The molecule has 0 spiro atoms. The molecule has 1 rings (SSSR count). The molecule has 1 aliphatic rings. The predicted molar refractivity (Wildman–Crippen MR) is 73.6 cm³/mol. The van der Waals surface area contributed by atoms with Gasteiger partial charge in [0.25, 0.3) is 0 Å². The Morgan fingerprint density at radius 2 is 2.00 bits per heavy atom. The Hall–Kier alpha value is -1.30. The molecule has 1 amide bonds. The van der Waals surface area contributed by atoms with E-state index in [2.05, 4.69) is 0 Å². The third-order valence-electron chi connectivity index (χ3n) is 3.47. The van der Waals surface area contributed by atoms with Crippen LogP contribution in [0.3, 0.4) is 0 Å². The number of ether oxygens (including phenoxy) is 2. The zero-order chi connectivity index (χ0) is 15.4. The van der Waals surface area contributed by atoms with E-state index in [9.17, 15) is 14.7 Å². The van der Waals surface area contributed by atoms with Crippen LogP contribution in [0.4, 0.5) is 4.79 Å². The van der Waals surface area contributed by atoms with Gasteiger partial charge in [-0.1, -0.05) is 0 Å². The number of rotatable bonds is 4. The molecular formula is C14H25NO5. The number of carboxylic acid groups (broad SMARTS) is 1. The second-order valence-corrected chi connectivity index (χ2v) is 6.33. The maximum absolute atomic E-state index is 12.1. The van der Waals surface area contributed by atoms with Crippen molar-refractivity contribution in [2.45, 2.75) is 45.6 Å². The van der Waals surface area contributed by atoms with E-state index in [1.54, 1.807) is 27.9 Å². The molecule has 0 aliphatic carbocycles. The van der Waals surface area contributed by atoms with Crippen LogP contribution in [0.25, 0.3) is 0 Å². The lowest BCUT2D eigenvalue weighted by Crippen LogP contribution is -2.51. The number of piperidine rings is 1. The predicted octanol–water partition coefficient (Wildman–Crippen LogP) is 2.12. The summed E-state index contributed by atoms with van der Waals surface area (Å²) in [6, 6.07) is 0. The fourth-order valence-electron chi connectivity index (χ4n) is 2.40. The quantitative estimate of drug-likeness (QED) is 0.857. The summed E-state index contributed by atoms with van der Waals surface area (Å²) in [5.41, 5.74) is -1.50. The molecule has 116 valence electrons. The number of hydrogen-bond acceptors (Lipinski definition) is 4. The number of carbonyl (C=O) groups excluding carboxylic acids is 1. The number of aliphatic carboxylic acids is 1. The van der Waals surface area contributed by atoms with Gasteiger partial charge in [-0.3, -0.25) is 4.79 Å². The van der Waals surface area contributed by atoms with Crippen molar-refractivity contribution >= 4 is 12.1 Å². The number of amides is 1. The Balaban J connectivity index is 2.77. The molecule has 1 fully saturated rings. The smallest absolute Gasteiger partial charge is 0.410 e. The summed E-state index contributed by atoms with van der Waals surface area (Å²) in [7, 11) is 1.55. The fourth-order valence-corrected chi connectivity index (χ4v) is 2.40. The average Bonchev–Trinajstić information content (AvgIpc) is 2.34. The molecule has 1 aliphatic heterocycles. The van der Waals surface area contributed by atoms with Crippen LogP contribution < -0.4 is 0 Å². The Kier molecular flexibility index (Phi) is 5.39. The number of methoxy groups -OCH3 is 1. The zero-order valence-electron chi connectivity index (χ0n) is 12.8. The van der Waals surface area contributed by atoms with Gasteiger partial charge in [-0.2, -0.15) is 0 Å². The van der Waals surface area contributed by atoms with E-state index in [0.717, 1.165) is 0 Å². The van der Waals surface area contributed by atoms with E-state index in [1.165, 1.54) is 4.90 Å². The summed E-state index contributed by atoms with van der Waals surface area (Å²) in [5.74, 6) is -0.872. The minimum Gasteiger partial charge on any atom is -0.481 e. The lowest BCUT2D eigenvalue weighted by molar-refractivity contribution is -0.153. The van der Waals surface area contributed by atoms with Crippen molar-refractivity contribution in [3.8, 4) is 0 Å². The number of nitrogens with zero attached hydrogens (tertiary/aromatic N) is 1. The maximum Gasteiger partial charge on any atom is 0.410 e. The van der Waals surface area contributed by atoms with Gasteiger partial charge in [0.05, 0.1) is 5.41 Å². The van der Waals surface area contributed by atoms with Crippen molar-refractivity contribution in [2.24, 2.45) is 5.41 Å². The highest BCUT2D eigenvalue weighted by atomic mass is 16.6. The lowest BCUT2D eigenvalue weighted by atomic mass is 9.77.